The van der Waals surface area contributed by atoms with Crippen LogP contribution in [-0.2, 0) is 0 Å². The molecule has 0 saturated carbocycles. The second kappa shape index (κ2) is 6.95. The number of aromatic nitrogens is 3. The summed E-state index contributed by atoms with van der Waals surface area (Å²) in [6.07, 6.45) is 3.28. The van der Waals surface area contributed by atoms with Gasteiger partial charge >= 0.3 is 0 Å². The summed E-state index contributed by atoms with van der Waals surface area (Å²) in [6.45, 7) is 1.27. The Kier molecular flexibility index (Phi) is 4.35. The van der Waals surface area contributed by atoms with Gasteiger partial charge in [-0.25, -0.2) is 0 Å². The summed E-state index contributed by atoms with van der Waals surface area (Å²) in [4.78, 5) is 29.4. The molecule has 0 unspecified atom stereocenters. The number of para-hydroxylation sites is 1. The van der Waals surface area contributed by atoms with E-state index in [-0.39, 0.29) is 17.5 Å². The minimum absolute atomic E-state index is 0.0924. The highest BCUT2D eigenvalue weighted by atomic mass is 16.2. The minimum Gasteiger partial charge on any atom is -0.366 e. The summed E-state index contributed by atoms with van der Waals surface area (Å²) in [5, 5.41) is 12.0. The van der Waals surface area contributed by atoms with Crippen LogP contribution in [0.4, 0.5) is 5.82 Å². The number of aromatic amines is 1. The van der Waals surface area contributed by atoms with Gasteiger partial charge in [0.05, 0.1) is 5.56 Å². The third kappa shape index (κ3) is 3.28. The van der Waals surface area contributed by atoms with Gasteiger partial charge < -0.3 is 15.2 Å². The minimum atomic E-state index is -0.258. The molecule has 0 atom stereocenters. The number of carbonyl (C=O) groups excluding carboxylic acids is 1. The van der Waals surface area contributed by atoms with Crippen LogP contribution in [0.5, 0.6) is 0 Å². The fourth-order valence-electron chi connectivity index (χ4n) is 3.37. The van der Waals surface area contributed by atoms with E-state index in [4.69, 9.17) is 0 Å². The maximum Gasteiger partial charge on any atom is 0.254 e. The highest BCUT2D eigenvalue weighted by Crippen LogP contribution is 2.20. The lowest BCUT2D eigenvalue weighted by molar-refractivity contribution is 0.0720. The lowest BCUT2D eigenvalue weighted by Crippen LogP contribution is -2.42. The predicted octanol–water partition coefficient (Wildman–Crippen LogP) is 2.03. The van der Waals surface area contributed by atoms with Crippen molar-refractivity contribution in [1.29, 1.82) is 0 Å². The molecule has 1 saturated heterocycles. The number of benzene rings is 1. The van der Waals surface area contributed by atoms with Gasteiger partial charge in [-0.05, 0) is 31.0 Å². The molecule has 2 N–H and O–H groups in total. The van der Waals surface area contributed by atoms with Crippen LogP contribution in [0.3, 0.4) is 0 Å². The molecule has 1 aliphatic heterocycles. The second-order valence-electron chi connectivity index (χ2n) is 6.41. The van der Waals surface area contributed by atoms with Gasteiger partial charge in [0.25, 0.3) is 5.91 Å². The number of piperidine rings is 1. The van der Waals surface area contributed by atoms with Gasteiger partial charge in [-0.15, -0.1) is 5.10 Å². The van der Waals surface area contributed by atoms with Crippen LogP contribution in [0.2, 0.25) is 0 Å². The zero-order valence-electron chi connectivity index (χ0n) is 14.2. The van der Waals surface area contributed by atoms with Crippen molar-refractivity contribution in [2.24, 2.45) is 0 Å². The van der Waals surface area contributed by atoms with E-state index >= 15 is 0 Å². The lowest BCUT2D eigenvalue weighted by atomic mass is 10.0. The van der Waals surface area contributed by atoms with Gasteiger partial charge in [0.15, 0.2) is 0 Å². The molecule has 1 aromatic carbocycles. The number of H-pyrrole nitrogens is 1. The fraction of sp³-hybridized carbons (Fsp3) is 0.263. The smallest absolute Gasteiger partial charge is 0.254 e. The van der Waals surface area contributed by atoms with Gasteiger partial charge in [-0.3, -0.25) is 9.59 Å². The first-order chi connectivity index (χ1) is 12.7. The molecule has 2 aromatic heterocycles. The number of nitrogens with one attached hydrogen (secondary N) is 2. The molecule has 7 heteroatoms. The fourth-order valence-corrected chi connectivity index (χ4v) is 3.37. The molecular weight excluding hydrogens is 330 g/mol. The Morgan fingerprint density at radius 3 is 2.73 bits per heavy atom. The molecule has 0 spiro atoms. The van der Waals surface area contributed by atoms with E-state index in [0.29, 0.717) is 24.2 Å². The van der Waals surface area contributed by atoms with E-state index in [1.54, 1.807) is 6.20 Å². The van der Waals surface area contributed by atoms with Crippen molar-refractivity contribution in [3.63, 3.8) is 0 Å². The number of nitrogens with zero attached hydrogens (tertiary/aromatic N) is 3. The normalized spacial score (nSPS) is 15.2. The maximum absolute atomic E-state index is 13.0. The van der Waals surface area contributed by atoms with Crippen molar-refractivity contribution in [3.8, 4) is 0 Å². The number of hydrogen-bond acceptors (Lipinski definition) is 5. The topological polar surface area (TPSA) is 91.0 Å². The summed E-state index contributed by atoms with van der Waals surface area (Å²) in [5.41, 5.74) is 0.887. The van der Waals surface area contributed by atoms with Crippen LogP contribution in [0.1, 0.15) is 23.2 Å². The quantitative estimate of drug-likeness (QED) is 0.755. The molecule has 26 heavy (non-hydrogen) atoms. The third-order valence-corrected chi connectivity index (χ3v) is 4.69. The van der Waals surface area contributed by atoms with Crippen LogP contribution < -0.4 is 10.9 Å². The first-order valence-electron chi connectivity index (χ1n) is 8.66. The Labute approximate surface area is 150 Å². The number of carbonyl (C=O) groups is 1. The van der Waals surface area contributed by atoms with Crippen molar-refractivity contribution in [2.45, 2.75) is 18.9 Å². The second-order valence-corrected chi connectivity index (χ2v) is 6.41. The average molecular weight is 349 g/mol. The highest BCUT2D eigenvalue weighted by molar-refractivity contribution is 6.05. The molecule has 132 valence electrons. The Bertz CT molecular complexity index is 978. The lowest BCUT2D eigenvalue weighted by Gasteiger charge is -2.32. The van der Waals surface area contributed by atoms with E-state index in [2.05, 4.69) is 20.5 Å². The van der Waals surface area contributed by atoms with E-state index in [0.717, 1.165) is 24.0 Å². The molecule has 3 aromatic rings. The molecule has 1 fully saturated rings. The molecule has 0 bridgehead atoms. The third-order valence-electron chi connectivity index (χ3n) is 4.69. The number of rotatable bonds is 3. The largest absolute Gasteiger partial charge is 0.366 e. The van der Waals surface area contributed by atoms with Gasteiger partial charge in [-0.1, -0.05) is 18.2 Å². The number of pyridine rings is 1. The van der Waals surface area contributed by atoms with Crippen LogP contribution in [0.15, 0.2) is 53.5 Å². The molecule has 1 aliphatic rings. The van der Waals surface area contributed by atoms with Crippen LogP contribution in [0, 0.1) is 0 Å². The van der Waals surface area contributed by atoms with Gasteiger partial charge in [0.2, 0.25) is 5.56 Å². The summed E-state index contributed by atoms with van der Waals surface area (Å²) in [5.74, 6) is 0.656. The molecular formula is C19H19N5O2. The Balaban J connectivity index is 1.48. The number of anilines is 1. The summed E-state index contributed by atoms with van der Waals surface area (Å²) < 4.78 is 0. The van der Waals surface area contributed by atoms with Gasteiger partial charge in [0.1, 0.15) is 5.82 Å². The van der Waals surface area contributed by atoms with Crippen molar-refractivity contribution >= 4 is 22.6 Å². The molecule has 0 radical (unpaired) electrons. The van der Waals surface area contributed by atoms with Crippen molar-refractivity contribution in [3.05, 3.63) is 64.6 Å². The van der Waals surface area contributed by atoms with E-state index in [1.807, 2.05) is 41.3 Å². The van der Waals surface area contributed by atoms with Crippen molar-refractivity contribution in [1.82, 2.24) is 20.1 Å². The zero-order chi connectivity index (χ0) is 17.9. The molecule has 1 amide bonds. The van der Waals surface area contributed by atoms with Crippen molar-refractivity contribution in [2.75, 3.05) is 18.4 Å². The SMILES string of the molecule is O=C(c1cc(=O)[nH]c2ccccc12)N1CCC(Nc2cccnn2)CC1. The number of fused-ring (bicyclic) bond motifs is 1. The van der Waals surface area contributed by atoms with Crippen LogP contribution in [0.25, 0.3) is 10.9 Å². The van der Waals surface area contributed by atoms with Crippen molar-refractivity contribution < 1.29 is 4.79 Å². The van der Waals surface area contributed by atoms with Crippen LogP contribution in [-0.4, -0.2) is 45.1 Å². The van der Waals surface area contributed by atoms with E-state index in [9.17, 15) is 9.59 Å². The Morgan fingerprint density at radius 1 is 1.15 bits per heavy atom. The molecule has 3 heterocycles. The zero-order valence-corrected chi connectivity index (χ0v) is 14.2. The predicted molar refractivity (Wildman–Crippen MR) is 99.1 cm³/mol. The maximum atomic E-state index is 13.0. The monoisotopic (exact) mass is 349 g/mol. The standard InChI is InChI=1S/C19H19N5O2/c25-18-12-15(14-4-1-2-5-16(14)22-18)19(26)24-10-7-13(8-11-24)21-17-6-3-9-20-23-17/h1-6,9,12-13H,7-8,10-11H2,(H,21,23)(H,22,25). The average Bonchev–Trinajstić information content (AvgIpc) is 2.68. The number of likely N-dealkylation sites (tertiary alicyclic amines) is 1. The highest BCUT2D eigenvalue weighted by Gasteiger charge is 2.25. The summed E-state index contributed by atoms with van der Waals surface area (Å²) in [7, 11) is 0. The molecule has 0 aliphatic carbocycles. The summed E-state index contributed by atoms with van der Waals surface area (Å²) in [6, 6.07) is 12.8. The molecule has 7 nitrogen and oxygen atoms in total. The first-order valence-corrected chi connectivity index (χ1v) is 8.66. The molecule has 4 rings (SSSR count). The first kappa shape index (κ1) is 16.3. The Hall–Kier alpha value is -3.22. The summed E-state index contributed by atoms with van der Waals surface area (Å²) >= 11 is 0. The number of hydrogen-bond donors (Lipinski definition) is 2. The Morgan fingerprint density at radius 2 is 1.96 bits per heavy atom. The van der Waals surface area contributed by atoms with E-state index in [1.165, 1.54) is 6.07 Å². The van der Waals surface area contributed by atoms with E-state index < -0.39 is 0 Å². The van der Waals surface area contributed by atoms with Gasteiger partial charge in [0, 0.05) is 42.3 Å². The number of amides is 1. The van der Waals surface area contributed by atoms with Crippen LogP contribution >= 0.6 is 0 Å². The van der Waals surface area contributed by atoms with Gasteiger partial charge in [-0.2, -0.15) is 5.10 Å².